The minimum Gasteiger partial charge on any atom is -0.490 e. The minimum atomic E-state index is -3.74. The topological polar surface area (TPSA) is 84.9 Å². The van der Waals surface area contributed by atoms with Crippen molar-refractivity contribution in [3.05, 3.63) is 71.3 Å². The summed E-state index contributed by atoms with van der Waals surface area (Å²) in [7, 11) is -1.95. The van der Waals surface area contributed by atoms with Crippen LogP contribution in [0.1, 0.15) is 66.4 Å². The fraction of sp³-hybridized carbons (Fsp3) is 0.531. The fourth-order valence-corrected chi connectivity index (χ4v) is 9.32. The van der Waals surface area contributed by atoms with Crippen molar-refractivity contribution < 1.29 is 22.7 Å². The number of ether oxygens (including phenoxy) is 2. The number of carbonyl (C=O) groups excluding carboxylic acids is 1. The molecule has 2 aliphatic heterocycles. The Morgan fingerprint density at radius 1 is 1.07 bits per heavy atom. The first-order valence-electron chi connectivity index (χ1n) is 14.7. The van der Waals surface area contributed by atoms with E-state index in [-0.39, 0.29) is 17.6 Å². The molecule has 40 heavy (non-hydrogen) atoms. The lowest BCUT2D eigenvalue weighted by atomic mass is 9.68. The Labute approximate surface area is 237 Å². The number of fused-ring (bicyclic) bond motifs is 5. The molecule has 6 unspecified atom stereocenters. The molecule has 8 heteroatoms. The maximum Gasteiger partial charge on any atom is 0.264 e. The van der Waals surface area contributed by atoms with E-state index in [1.807, 2.05) is 12.1 Å². The van der Waals surface area contributed by atoms with Crippen LogP contribution in [0.15, 0.2) is 54.6 Å². The standard InChI is InChI=1S/C32H38N2O5S/c1-38-31-25-14-12-21(25)7-2-3-9-23-18-29(23)40(36,37)33-30(35)24-13-15-28-27(17-24)34(31)19-32(20-39-28)16-6-10-22-8-4-5-11-26(22)32/h2-5,8,11,13,15,17,21,23,25,29,31H,6-7,9-10,12,14,16,18-20H2,1H3,(H,33,35). The number of amides is 1. The van der Waals surface area contributed by atoms with Crippen molar-refractivity contribution in [2.75, 3.05) is 25.2 Å². The molecule has 0 saturated heterocycles. The number of rotatable bonds is 1. The van der Waals surface area contributed by atoms with Gasteiger partial charge in [0.05, 0.1) is 17.5 Å². The Kier molecular flexibility index (Phi) is 6.46. The highest BCUT2D eigenvalue weighted by atomic mass is 32.2. The SMILES string of the molecule is COC1C2CCC2CC=CCC2CC2S(=O)(=O)NC(=O)c2ccc3c(c2)N1CC1(CCCc2ccccc21)CO3. The smallest absolute Gasteiger partial charge is 0.264 e. The number of nitrogens with one attached hydrogen (secondary N) is 1. The van der Waals surface area contributed by atoms with Gasteiger partial charge in [-0.15, -0.1) is 0 Å². The van der Waals surface area contributed by atoms with E-state index in [0.717, 1.165) is 50.6 Å². The van der Waals surface area contributed by atoms with Gasteiger partial charge in [0.2, 0.25) is 10.0 Å². The molecule has 2 aromatic rings. The van der Waals surface area contributed by atoms with Crippen LogP contribution < -0.4 is 14.4 Å². The number of benzene rings is 2. The zero-order valence-corrected chi connectivity index (χ0v) is 23.9. The first kappa shape index (κ1) is 26.1. The minimum absolute atomic E-state index is 0.0730. The maximum atomic E-state index is 13.3. The summed E-state index contributed by atoms with van der Waals surface area (Å²) in [6.45, 7) is 1.26. The van der Waals surface area contributed by atoms with E-state index in [1.54, 1.807) is 13.2 Å². The Morgan fingerprint density at radius 2 is 1.90 bits per heavy atom. The van der Waals surface area contributed by atoms with Gasteiger partial charge in [0, 0.05) is 30.6 Å². The van der Waals surface area contributed by atoms with Crippen molar-refractivity contribution in [2.45, 2.75) is 68.3 Å². The second-order valence-electron chi connectivity index (χ2n) is 12.5. The molecule has 212 valence electrons. The lowest BCUT2D eigenvalue weighted by Crippen LogP contribution is -2.54. The quantitative estimate of drug-likeness (QED) is 0.495. The maximum absolute atomic E-state index is 13.3. The summed E-state index contributed by atoms with van der Waals surface area (Å²) >= 11 is 0. The number of allylic oxidation sites excluding steroid dienone is 2. The van der Waals surface area contributed by atoms with Gasteiger partial charge in [-0.25, -0.2) is 13.1 Å². The van der Waals surface area contributed by atoms with E-state index in [4.69, 9.17) is 9.47 Å². The van der Waals surface area contributed by atoms with Crippen LogP contribution >= 0.6 is 0 Å². The van der Waals surface area contributed by atoms with Crippen molar-refractivity contribution in [3.8, 4) is 5.75 Å². The summed E-state index contributed by atoms with van der Waals surface area (Å²) in [4.78, 5) is 15.6. The zero-order valence-electron chi connectivity index (χ0n) is 23.1. The van der Waals surface area contributed by atoms with Gasteiger partial charge in [-0.1, -0.05) is 36.4 Å². The van der Waals surface area contributed by atoms with Crippen LogP contribution in [0.3, 0.4) is 0 Å². The number of anilines is 1. The van der Waals surface area contributed by atoms with Gasteiger partial charge in [-0.2, -0.15) is 0 Å². The zero-order chi connectivity index (χ0) is 27.5. The summed E-state index contributed by atoms with van der Waals surface area (Å²) in [5.74, 6) is 1.05. The van der Waals surface area contributed by atoms with Gasteiger partial charge in [0.1, 0.15) is 12.0 Å². The van der Waals surface area contributed by atoms with Crippen molar-refractivity contribution >= 4 is 21.6 Å². The molecule has 2 saturated carbocycles. The van der Waals surface area contributed by atoms with Gasteiger partial charge >= 0.3 is 0 Å². The number of hydrogen-bond acceptors (Lipinski definition) is 6. The van der Waals surface area contributed by atoms with Crippen LogP contribution in [-0.2, 0) is 26.6 Å². The summed E-state index contributed by atoms with van der Waals surface area (Å²) < 4.78 is 41.3. The average Bonchev–Trinajstić information content (AvgIpc) is 3.74. The van der Waals surface area contributed by atoms with Crippen LogP contribution in [0.5, 0.6) is 5.75 Å². The normalized spacial score (nSPS) is 34.3. The second-order valence-corrected chi connectivity index (χ2v) is 14.4. The average molecular weight is 563 g/mol. The summed E-state index contributed by atoms with van der Waals surface area (Å²) in [6, 6.07) is 14.0. The van der Waals surface area contributed by atoms with Crippen molar-refractivity contribution in [1.29, 1.82) is 0 Å². The van der Waals surface area contributed by atoms with Crippen LogP contribution in [0.4, 0.5) is 5.69 Å². The van der Waals surface area contributed by atoms with Gasteiger partial charge in [0.15, 0.2) is 0 Å². The largest absolute Gasteiger partial charge is 0.490 e. The number of sulfonamides is 1. The molecule has 7 nitrogen and oxygen atoms in total. The number of carbonyl (C=O) groups is 1. The molecule has 3 aliphatic carbocycles. The van der Waals surface area contributed by atoms with E-state index in [9.17, 15) is 13.2 Å². The molecule has 0 aromatic heterocycles. The molecule has 6 atom stereocenters. The van der Waals surface area contributed by atoms with E-state index < -0.39 is 21.2 Å². The number of hydrogen-bond donors (Lipinski definition) is 1. The fourth-order valence-electron chi connectivity index (χ4n) is 7.68. The Morgan fingerprint density at radius 3 is 2.70 bits per heavy atom. The van der Waals surface area contributed by atoms with Crippen molar-refractivity contribution in [3.63, 3.8) is 0 Å². The predicted octanol–water partition coefficient (Wildman–Crippen LogP) is 4.96. The molecule has 5 aliphatic rings. The number of nitrogens with zero attached hydrogens (tertiary/aromatic N) is 1. The molecule has 2 fully saturated rings. The third-order valence-corrected chi connectivity index (χ3v) is 12.0. The highest BCUT2D eigenvalue weighted by Gasteiger charge is 2.49. The monoisotopic (exact) mass is 562 g/mol. The molecular formula is C32H38N2O5S. The predicted molar refractivity (Wildman–Crippen MR) is 154 cm³/mol. The number of methoxy groups -OCH3 is 1. The molecule has 2 aromatic carbocycles. The van der Waals surface area contributed by atoms with Crippen LogP contribution in [0, 0.1) is 17.8 Å². The van der Waals surface area contributed by atoms with E-state index in [0.29, 0.717) is 42.7 Å². The summed E-state index contributed by atoms with van der Waals surface area (Å²) in [5.41, 5.74) is 3.63. The Hall–Kier alpha value is -2.84. The Bertz CT molecular complexity index is 1450. The Balaban J connectivity index is 1.33. The molecular weight excluding hydrogens is 524 g/mol. The van der Waals surface area contributed by atoms with E-state index in [2.05, 4.69) is 46.0 Å². The third kappa shape index (κ3) is 4.44. The van der Waals surface area contributed by atoms with Crippen LogP contribution in [0.2, 0.25) is 0 Å². The van der Waals surface area contributed by atoms with Crippen molar-refractivity contribution in [1.82, 2.24) is 4.72 Å². The van der Waals surface area contributed by atoms with Crippen LogP contribution in [0.25, 0.3) is 0 Å². The first-order chi connectivity index (χ1) is 19.4. The second kappa shape index (κ2) is 9.91. The van der Waals surface area contributed by atoms with Crippen LogP contribution in [-0.4, -0.2) is 46.1 Å². The van der Waals surface area contributed by atoms with Crippen molar-refractivity contribution in [2.24, 2.45) is 17.8 Å². The summed E-state index contributed by atoms with van der Waals surface area (Å²) in [6.07, 6.45) is 11.9. The summed E-state index contributed by atoms with van der Waals surface area (Å²) in [5, 5.41) is -0.504. The lowest BCUT2D eigenvalue weighted by Gasteiger charge is -2.48. The van der Waals surface area contributed by atoms with Gasteiger partial charge in [-0.05, 0) is 92.5 Å². The lowest BCUT2D eigenvalue weighted by molar-refractivity contribution is -0.0213. The van der Waals surface area contributed by atoms with E-state index in [1.165, 1.54) is 11.1 Å². The highest BCUT2D eigenvalue weighted by molar-refractivity contribution is 7.91. The number of aryl methyl sites for hydroxylation is 1. The molecule has 2 heterocycles. The van der Waals surface area contributed by atoms with E-state index >= 15 is 0 Å². The molecule has 7 rings (SSSR count). The molecule has 2 bridgehead atoms. The molecule has 1 N–H and O–H groups in total. The van der Waals surface area contributed by atoms with Gasteiger partial charge < -0.3 is 14.4 Å². The van der Waals surface area contributed by atoms with Gasteiger partial charge in [-0.3, -0.25) is 4.79 Å². The highest BCUT2D eigenvalue weighted by Crippen LogP contribution is 2.49. The third-order valence-electron chi connectivity index (χ3n) is 10.1. The van der Waals surface area contributed by atoms with Gasteiger partial charge in [0.25, 0.3) is 5.91 Å². The molecule has 1 amide bonds. The first-order valence-corrected chi connectivity index (χ1v) is 16.3. The molecule has 0 radical (unpaired) electrons. The molecule has 1 spiro atoms.